The molecule has 4 rings (SSSR count). The minimum absolute atomic E-state index is 1.01. The molecule has 0 aliphatic rings. The van der Waals surface area contributed by atoms with Gasteiger partial charge in [0.25, 0.3) is 0 Å². The van der Waals surface area contributed by atoms with Crippen molar-refractivity contribution in [3.8, 4) is 22.4 Å². The molecular formula is C22H17N. The monoisotopic (exact) mass is 295 g/mol. The largest absolute Gasteiger partial charge is 0.248 e. The second-order valence-electron chi connectivity index (χ2n) is 5.81. The van der Waals surface area contributed by atoms with E-state index in [-0.39, 0.29) is 0 Å². The average molecular weight is 295 g/mol. The molecule has 4 aromatic rings. The summed E-state index contributed by atoms with van der Waals surface area (Å²) < 4.78 is 0. The summed E-state index contributed by atoms with van der Waals surface area (Å²) >= 11 is 0. The van der Waals surface area contributed by atoms with Crippen LogP contribution in [-0.4, -0.2) is 4.98 Å². The lowest BCUT2D eigenvalue weighted by Crippen LogP contribution is -1.90. The van der Waals surface area contributed by atoms with Crippen LogP contribution in [-0.2, 0) is 0 Å². The van der Waals surface area contributed by atoms with Crippen molar-refractivity contribution >= 4 is 10.9 Å². The van der Waals surface area contributed by atoms with Crippen LogP contribution in [0.3, 0.4) is 0 Å². The Bertz CT molecular complexity index is 957. The molecule has 23 heavy (non-hydrogen) atoms. The highest BCUT2D eigenvalue weighted by Crippen LogP contribution is 2.32. The van der Waals surface area contributed by atoms with Crippen molar-refractivity contribution in [1.82, 2.24) is 4.98 Å². The zero-order valence-electron chi connectivity index (χ0n) is 13.0. The van der Waals surface area contributed by atoms with E-state index >= 15 is 0 Å². The predicted molar refractivity (Wildman–Crippen MR) is 97.4 cm³/mol. The van der Waals surface area contributed by atoms with Gasteiger partial charge in [0.1, 0.15) is 0 Å². The van der Waals surface area contributed by atoms with Crippen molar-refractivity contribution in [1.29, 1.82) is 0 Å². The molecule has 0 bridgehead atoms. The van der Waals surface area contributed by atoms with E-state index < -0.39 is 0 Å². The van der Waals surface area contributed by atoms with Crippen LogP contribution in [0.15, 0.2) is 84.9 Å². The van der Waals surface area contributed by atoms with Crippen molar-refractivity contribution in [2.75, 3.05) is 0 Å². The Kier molecular flexibility index (Phi) is 3.39. The molecule has 1 heteroatoms. The smallest absolute Gasteiger partial charge is 0.0715 e. The summed E-state index contributed by atoms with van der Waals surface area (Å²) in [7, 11) is 0. The second kappa shape index (κ2) is 5.69. The van der Waals surface area contributed by atoms with Crippen molar-refractivity contribution < 1.29 is 0 Å². The SMILES string of the molecule is Cc1ccc2nc(-c3ccccc3)cc(-c3ccccc3)c2c1. The van der Waals surface area contributed by atoms with E-state index in [0.717, 1.165) is 16.8 Å². The third-order valence-corrected chi connectivity index (χ3v) is 4.12. The number of aromatic nitrogens is 1. The van der Waals surface area contributed by atoms with E-state index in [9.17, 15) is 0 Å². The standard InChI is InChI=1S/C22H17N/c1-16-12-13-21-20(14-16)19(17-8-4-2-5-9-17)15-22(23-21)18-10-6-3-7-11-18/h2-15H,1H3. The fourth-order valence-corrected chi connectivity index (χ4v) is 2.95. The number of pyridine rings is 1. The third kappa shape index (κ3) is 2.62. The summed E-state index contributed by atoms with van der Waals surface area (Å²) in [4.78, 5) is 4.87. The highest BCUT2D eigenvalue weighted by molar-refractivity contribution is 5.97. The maximum atomic E-state index is 4.87. The van der Waals surface area contributed by atoms with E-state index in [4.69, 9.17) is 4.98 Å². The quantitative estimate of drug-likeness (QED) is 0.450. The Balaban J connectivity index is 2.04. The molecule has 0 unspecified atom stereocenters. The van der Waals surface area contributed by atoms with E-state index in [0.29, 0.717) is 0 Å². The molecule has 0 atom stereocenters. The Morgan fingerprint density at radius 3 is 2.00 bits per heavy atom. The number of hydrogen-bond acceptors (Lipinski definition) is 1. The lowest BCUT2D eigenvalue weighted by atomic mass is 9.97. The van der Waals surface area contributed by atoms with Crippen molar-refractivity contribution in [2.24, 2.45) is 0 Å². The third-order valence-electron chi connectivity index (χ3n) is 4.12. The van der Waals surface area contributed by atoms with Gasteiger partial charge in [0, 0.05) is 10.9 Å². The van der Waals surface area contributed by atoms with Gasteiger partial charge in [-0.05, 0) is 36.2 Å². The van der Waals surface area contributed by atoms with Crippen LogP contribution in [0.5, 0.6) is 0 Å². The van der Waals surface area contributed by atoms with Crippen LogP contribution in [0.2, 0.25) is 0 Å². The molecule has 0 aliphatic carbocycles. The minimum atomic E-state index is 1.01. The molecule has 1 aromatic heterocycles. The summed E-state index contributed by atoms with van der Waals surface area (Å²) in [6, 6.07) is 29.6. The van der Waals surface area contributed by atoms with Crippen LogP contribution < -0.4 is 0 Å². The summed E-state index contributed by atoms with van der Waals surface area (Å²) in [5.74, 6) is 0. The summed E-state index contributed by atoms with van der Waals surface area (Å²) in [5, 5.41) is 1.20. The molecule has 0 aliphatic heterocycles. The molecule has 0 amide bonds. The Morgan fingerprint density at radius 2 is 1.30 bits per heavy atom. The lowest BCUT2D eigenvalue weighted by molar-refractivity contribution is 1.38. The first kappa shape index (κ1) is 13.7. The molecule has 0 saturated carbocycles. The van der Waals surface area contributed by atoms with Gasteiger partial charge >= 0.3 is 0 Å². The van der Waals surface area contributed by atoms with Gasteiger partial charge in [0.15, 0.2) is 0 Å². The Morgan fingerprint density at radius 1 is 0.652 bits per heavy atom. The maximum Gasteiger partial charge on any atom is 0.0715 e. The molecule has 0 N–H and O–H groups in total. The zero-order valence-corrected chi connectivity index (χ0v) is 13.0. The Labute approximate surface area is 136 Å². The molecule has 1 nitrogen and oxygen atoms in total. The van der Waals surface area contributed by atoms with E-state index in [1.807, 2.05) is 6.07 Å². The molecule has 0 spiro atoms. The van der Waals surface area contributed by atoms with Crippen molar-refractivity contribution in [3.63, 3.8) is 0 Å². The van der Waals surface area contributed by atoms with E-state index in [1.165, 1.54) is 22.1 Å². The van der Waals surface area contributed by atoms with E-state index in [1.54, 1.807) is 0 Å². The molecule has 110 valence electrons. The van der Waals surface area contributed by atoms with Crippen molar-refractivity contribution in [3.05, 3.63) is 90.5 Å². The first-order valence-corrected chi connectivity index (χ1v) is 7.83. The van der Waals surface area contributed by atoms with Gasteiger partial charge in [-0.1, -0.05) is 72.3 Å². The number of aryl methyl sites for hydroxylation is 1. The van der Waals surface area contributed by atoms with Crippen molar-refractivity contribution in [2.45, 2.75) is 6.92 Å². The summed E-state index contributed by atoms with van der Waals surface area (Å²) in [5.41, 5.74) is 6.91. The first-order chi connectivity index (χ1) is 11.3. The van der Waals surface area contributed by atoms with Gasteiger partial charge in [0.2, 0.25) is 0 Å². The number of hydrogen-bond donors (Lipinski definition) is 0. The molecule has 0 fully saturated rings. The highest BCUT2D eigenvalue weighted by Gasteiger charge is 2.09. The molecule has 3 aromatic carbocycles. The van der Waals surface area contributed by atoms with Gasteiger partial charge in [-0.15, -0.1) is 0 Å². The molecule has 0 saturated heterocycles. The molecule has 0 radical (unpaired) electrons. The van der Waals surface area contributed by atoms with Gasteiger partial charge in [-0.3, -0.25) is 0 Å². The van der Waals surface area contributed by atoms with Gasteiger partial charge < -0.3 is 0 Å². The number of benzene rings is 3. The number of nitrogens with zero attached hydrogens (tertiary/aromatic N) is 1. The van der Waals surface area contributed by atoms with Crippen LogP contribution in [0, 0.1) is 6.92 Å². The van der Waals surface area contributed by atoms with Crippen LogP contribution in [0.25, 0.3) is 33.3 Å². The highest BCUT2D eigenvalue weighted by atomic mass is 14.7. The van der Waals surface area contributed by atoms with E-state index in [2.05, 4.69) is 85.8 Å². The fraction of sp³-hybridized carbons (Fsp3) is 0.0455. The normalized spacial score (nSPS) is 10.8. The number of fused-ring (bicyclic) bond motifs is 1. The lowest BCUT2D eigenvalue weighted by Gasteiger charge is -2.11. The topological polar surface area (TPSA) is 12.9 Å². The minimum Gasteiger partial charge on any atom is -0.248 e. The Hall–Kier alpha value is -2.93. The predicted octanol–water partition coefficient (Wildman–Crippen LogP) is 5.88. The maximum absolute atomic E-state index is 4.87. The number of rotatable bonds is 2. The summed E-state index contributed by atoms with van der Waals surface area (Å²) in [6.07, 6.45) is 0. The van der Waals surface area contributed by atoms with Crippen LogP contribution >= 0.6 is 0 Å². The average Bonchev–Trinajstić information content (AvgIpc) is 2.62. The van der Waals surface area contributed by atoms with Gasteiger partial charge in [0.05, 0.1) is 11.2 Å². The van der Waals surface area contributed by atoms with Crippen LogP contribution in [0.4, 0.5) is 0 Å². The van der Waals surface area contributed by atoms with Crippen LogP contribution in [0.1, 0.15) is 5.56 Å². The first-order valence-electron chi connectivity index (χ1n) is 7.83. The van der Waals surface area contributed by atoms with Gasteiger partial charge in [-0.25, -0.2) is 4.98 Å². The summed E-state index contributed by atoms with van der Waals surface area (Å²) in [6.45, 7) is 2.12. The zero-order chi connectivity index (χ0) is 15.6. The molecular weight excluding hydrogens is 278 g/mol. The molecule has 1 heterocycles. The fourth-order valence-electron chi connectivity index (χ4n) is 2.95. The van der Waals surface area contributed by atoms with Gasteiger partial charge in [-0.2, -0.15) is 0 Å². The second-order valence-corrected chi connectivity index (χ2v) is 5.81.